The summed E-state index contributed by atoms with van der Waals surface area (Å²) in [6.45, 7) is 4.65. The molecule has 13 heavy (non-hydrogen) atoms. The van der Waals surface area contributed by atoms with Gasteiger partial charge in [-0.2, -0.15) is 0 Å². The smallest absolute Gasteiger partial charge is 0.00667 e. The van der Waals surface area contributed by atoms with Gasteiger partial charge in [0.25, 0.3) is 0 Å². The van der Waals surface area contributed by atoms with E-state index in [4.69, 9.17) is 0 Å². The second kappa shape index (κ2) is 3.32. The Kier molecular flexibility index (Phi) is 2.31. The molecule has 0 saturated heterocycles. The van der Waals surface area contributed by atoms with Crippen molar-refractivity contribution in [3.8, 4) is 0 Å². The summed E-state index contributed by atoms with van der Waals surface area (Å²) in [5.41, 5.74) is 2.18. The normalized spacial score (nSPS) is 33.0. The van der Waals surface area contributed by atoms with Crippen molar-refractivity contribution in [2.75, 3.05) is 0 Å². The lowest BCUT2D eigenvalue weighted by Gasteiger charge is -2.31. The lowest BCUT2D eigenvalue weighted by molar-refractivity contribution is 0.391. The van der Waals surface area contributed by atoms with Crippen LogP contribution < -0.4 is 0 Å². The van der Waals surface area contributed by atoms with Crippen LogP contribution in [0.5, 0.6) is 0 Å². The largest absolute Gasteiger partial charge is 0.0876 e. The minimum absolute atomic E-state index is 0.484. The highest BCUT2D eigenvalue weighted by molar-refractivity contribution is 5.24. The third-order valence-corrected chi connectivity index (χ3v) is 3.55. The molecule has 0 fully saturated rings. The Labute approximate surface area is 81.7 Å². The summed E-state index contributed by atoms with van der Waals surface area (Å²) in [4.78, 5) is 0. The van der Waals surface area contributed by atoms with Crippen LogP contribution in [-0.2, 0) is 0 Å². The van der Waals surface area contributed by atoms with Crippen molar-refractivity contribution >= 4 is 0 Å². The molecule has 2 rings (SSSR count). The second-order valence-electron chi connectivity index (χ2n) is 4.90. The van der Waals surface area contributed by atoms with E-state index in [1.807, 2.05) is 0 Å². The first kappa shape index (κ1) is 9.05. The van der Waals surface area contributed by atoms with E-state index >= 15 is 0 Å². The van der Waals surface area contributed by atoms with Crippen LogP contribution in [-0.4, -0.2) is 0 Å². The predicted octanol–water partition coefficient (Wildman–Crippen LogP) is 4.09. The number of hydrogen-bond donors (Lipinski definition) is 0. The Hall–Kier alpha value is -0.520. The number of allylic oxidation sites excluding steroid dienone is 4. The molecule has 0 nitrogen and oxygen atoms in total. The lowest BCUT2D eigenvalue weighted by atomic mass is 9.74. The molecule has 0 aromatic heterocycles. The van der Waals surface area contributed by atoms with E-state index in [0.29, 0.717) is 5.41 Å². The molecule has 2 aliphatic carbocycles. The molecular weight excluding hydrogens is 156 g/mol. The topological polar surface area (TPSA) is 0 Å². The van der Waals surface area contributed by atoms with Gasteiger partial charge in [-0.15, -0.1) is 0 Å². The molecule has 1 atom stereocenters. The van der Waals surface area contributed by atoms with Gasteiger partial charge in [0, 0.05) is 5.41 Å². The highest BCUT2D eigenvalue weighted by Gasteiger charge is 2.30. The Morgan fingerprint density at radius 3 is 2.77 bits per heavy atom. The molecule has 0 radical (unpaired) electrons. The van der Waals surface area contributed by atoms with E-state index < -0.39 is 0 Å². The molecule has 0 amide bonds. The van der Waals surface area contributed by atoms with Crippen molar-refractivity contribution in [1.82, 2.24) is 0 Å². The molecule has 0 heteroatoms. The maximum absolute atomic E-state index is 2.57. The molecule has 0 heterocycles. The zero-order chi connectivity index (χ0) is 9.31. The molecule has 0 saturated carbocycles. The van der Waals surface area contributed by atoms with Crippen molar-refractivity contribution < 1.29 is 0 Å². The van der Waals surface area contributed by atoms with Gasteiger partial charge in [0.05, 0.1) is 0 Å². The van der Waals surface area contributed by atoms with Crippen molar-refractivity contribution in [3.05, 3.63) is 23.8 Å². The molecule has 0 bridgehead atoms. The molecule has 0 aromatic carbocycles. The fourth-order valence-electron chi connectivity index (χ4n) is 2.67. The number of rotatable bonds is 1. The molecule has 0 aliphatic heterocycles. The van der Waals surface area contributed by atoms with Gasteiger partial charge in [0.15, 0.2) is 0 Å². The van der Waals surface area contributed by atoms with Crippen LogP contribution in [0.4, 0.5) is 0 Å². The fourth-order valence-corrected chi connectivity index (χ4v) is 2.67. The minimum atomic E-state index is 0.484. The van der Waals surface area contributed by atoms with Crippen molar-refractivity contribution in [3.63, 3.8) is 0 Å². The van der Waals surface area contributed by atoms with Crippen LogP contribution in [0.1, 0.15) is 46.0 Å². The summed E-state index contributed by atoms with van der Waals surface area (Å²) in [5, 5.41) is 0. The van der Waals surface area contributed by atoms with Gasteiger partial charge in [-0.1, -0.05) is 37.6 Å². The summed E-state index contributed by atoms with van der Waals surface area (Å²) in [5.74, 6) is 0.756. The molecular formula is C13H20. The highest BCUT2D eigenvalue weighted by atomic mass is 14.3. The van der Waals surface area contributed by atoms with E-state index in [0.717, 1.165) is 5.92 Å². The predicted molar refractivity (Wildman–Crippen MR) is 57.6 cm³/mol. The van der Waals surface area contributed by atoms with Crippen LogP contribution in [0.15, 0.2) is 23.8 Å². The van der Waals surface area contributed by atoms with Crippen LogP contribution in [0.25, 0.3) is 0 Å². The summed E-state index contributed by atoms with van der Waals surface area (Å²) in [7, 11) is 0. The summed E-state index contributed by atoms with van der Waals surface area (Å²) >= 11 is 0. The quantitative estimate of drug-likeness (QED) is 0.528. The van der Waals surface area contributed by atoms with Crippen molar-refractivity contribution in [2.45, 2.75) is 46.0 Å². The van der Waals surface area contributed by atoms with Crippen molar-refractivity contribution in [1.29, 1.82) is 0 Å². The van der Waals surface area contributed by atoms with E-state index in [9.17, 15) is 0 Å². The SMILES string of the molecule is CC(C)C1=CC2(C=CCC2)CCC1. The molecule has 0 N–H and O–H groups in total. The van der Waals surface area contributed by atoms with Crippen LogP contribution in [0.2, 0.25) is 0 Å². The van der Waals surface area contributed by atoms with Gasteiger partial charge in [0.2, 0.25) is 0 Å². The summed E-state index contributed by atoms with van der Waals surface area (Å²) in [6, 6.07) is 0. The second-order valence-corrected chi connectivity index (χ2v) is 4.90. The van der Waals surface area contributed by atoms with E-state index in [2.05, 4.69) is 32.1 Å². The van der Waals surface area contributed by atoms with Crippen LogP contribution >= 0.6 is 0 Å². The average molecular weight is 176 g/mol. The summed E-state index contributed by atoms with van der Waals surface area (Å²) in [6.07, 6.45) is 14.2. The van der Waals surface area contributed by atoms with Crippen LogP contribution in [0, 0.1) is 11.3 Å². The monoisotopic (exact) mass is 176 g/mol. The Morgan fingerprint density at radius 1 is 1.31 bits per heavy atom. The maximum atomic E-state index is 2.57. The first-order valence-electron chi connectivity index (χ1n) is 5.61. The van der Waals surface area contributed by atoms with Crippen LogP contribution in [0.3, 0.4) is 0 Å². The summed E-state index contributed by atoms with van der Waals surface area (Å²) < 4.78 is 0. The van der Waals surface area contributed by atoms with Crippen molar-refractivity contribution in [2.24, 2.45) is 11.3 Å². The number of hydrogen-bond acceptors (Lipinski definition) is 0. The zero-order valence-corrected chi connectivity index (χ0v) is 8.84. The first-order chi connectivity index (χ1) is 6.22. The Morgan fingerprint density at radius 2 is 2.15 bits per heavy atom. The van der Waals surface area contributed by atoms with E-state index in [1.165, 1.54) is 32.1 Å². The first-order valence-corrected chi connectivity index (χ1v) is 5.61. The van der Waals surface area contributed by atoms with Gasteiger partial charge in [-0.05, 0) is 38.0 Å². The highest BCUT2D eigenvalue weighted by Crippen LogP contribution is 2.44. The molecule has 2 aliphatic rings. The lowest BCUT2D eigenvalue weighted by Crippen LogP contribution is -2.18. The molecule has 1 spiro atoms. The zero-order valence-electron chi connectivity index (χ0n) is 8.84. The van der Waals surface area contributed by atoms with Gasteiger partial charge >= 0.3 is 0 Å². The Balaban J connectivity index is 2.22. The maximum Gasteiger partial charge on any atom is 0.00667 e. The van der Waals surface area contributed by atoms with Gasteiger partial charge in [-0.3, -0.25) is 0 Å². The van der Waals surface area contributed by atoms with E-state index in [1.54, 1.807) is 5.57 Å². The Bertz CT molecular complexity index is 245. The standard InChI is InChI=1S/C13H20/c1-11(2)12-6-5-9-13(10-12)7-3-4-8-13/h3,7,10-11H,4-6,8-9H2,1-2H3. The fraction of sp³-hybridized carbons (Fsp3) is 0.692. The average Bonchev–Trinajstić information content (AvgIpc) is 2.53. The third-order valence-electron chi connectivity index (χ3n) is 3.55. The molecule has 1 unspecified atom stereocenters. The van der Waals surface area contributed by atoms with Gasteiger partial charge in [0.1, 0.15) is 0 Å². The van der Waals surface area contributed by atoms with Gasteiger partial charge in [-0.25, -0.2) is 0 Å². The molecule has 0 aromatic rings. The van der Waals surface area contributed by atoms with E-state index in [-0.39, 0.29) is 0 Å². The van der Waals surface area contributed by atoms with Gasteiger partial charge < -0.3 is 0 Å². The minimum Gasteiger partial charge on any atom is -0.0876 e. The third kappa shape index (κ3) is 1.72. The molecule has 72 valence electrons.